The first-order valence-corrected chi connectivity index (χ1v) is 4.19. The lowest BCUT2D eigenvalue weighted by Crippen LogP contribution is -2.40. The molecule has 0 heterocycles. The Hall–Kier alpha value is -1.30. The van der Waals surface area contributed by atoms with Gasteiger partial charge in [-0.2, -0.15) is 0 Å². The number of methoxy groups -OCH3 is 1. The molecule has 82 valence electrons. The van der Waals surface area contributed by atoms with Crippen molar-refractivity contribution < 1.29 is 14.7 Å². The van der Waals surface area contributed by atoms with E-state index in [0.29, 0.717) is 6.54 Å². The van der Waals surface area contributed by atoms with E-state index in [1.54, 1.807) is 7.11 Å². The first-order chi connectivity index (χ1) is 6.41. The number of carbonyl (C=O) groups is 1. The zero-order chi connectivity index (χ0) is 11.2. The van der Waals surface area contributed by atoms with Crippen LogP contribution in [0.15, 0.2) is 5.16 Å². The fourth-order valence-corrected chi connectivity index (χ4v) is 0.646. The van der Waals surface area contributed by atoms with Crippen LogP contribution in [0.25, 0.3) is 0 Å². The molecule has 6 heteroatoms. The van der Waals surface area contributed by atoms with E-state index in [9.17, 15) is 4.79 Å². The van der Waals surface area contributed by atoms with Crippen LogP contribution in [0.2, 0.25) is 0 Å². The Morgan fingerprint density at radius 1 is 1.64 bits per heavy atom. The van der Waals surface area contributed by atoms with Gasteiger partial charge in [0.05, 0.1) is 12.0 Å². The smallest absolute Gasteiger partial charge is 0.227 e. The Labute approximate surface area is 83.1 Å². The topological polar surface area (TPSA) is 96.9 Å². The molecule has 0 aliphatic carbocycles. The minimum Gasteiger partial charge on any atom is -0.409 e. The molecule has 4 N–H and O–H groups in total. The zero-order valence-corrected chi connectivity index (χ0v) is 8.70. The number of hydrogen-bond donors (Lipinski definition) is 3. The largest absolute Gasteiger partial charge is 0.409 e. The molecule has 1 amide bonds. The molecular weight excluding hydrogens is 186 g/mol. The van der Waals surface area contributed by atoms with Crippen molar-refractivity contribution in [3.05, 3.63) is 0 Å². The van der Waals surface area contributed by atoms with Gasteiger partial charge in [0.25, 0.3) is 0 Å². The van der Waals surface area contributed by atoms with Crippen LogP contribution in [-0.4, -0.2) is 36.2 Å². The standard InChI is InChI=1S/C8H17N3O3/c1-8(2,14-3)5-10-7(12)4-6(9)11-13/h13H,4-5H2,1-3H3,(H2,9,11)(H,10,12). The molecule has 0 unspecified atom stereocenters. The molecule has 0 aliphatic rings. The highest BCUT2D eigenvalue weighted by atomic mass is 16.5. The zero-order valence-electron chi connectivity index (χ0n) is 8.70. The van der Waals surface area contributed by atoms with Gasteiger partial charge in [-0.05, 0) is 13.8 Å². The Kier molecular flexibility index (Phi) is 4.93. The number of oxime groups is 1. The molecule has 0 fully saturated rings. The third-order valence-electron chi connectivity index (χ3n) is 1.73. The summed E-state index contributed by atoms with van der Waals surface area (Å²) >= 11 is 0. The SMILES string of the molecule is COC(C)(C)CNC(=O)CC(N)=NO. The molecule has 0 bridgehead atoms. The average Bonchev–Trinajstić information content (AvgIpc) is 2.15. The van der Waals surface area contributed by atoms with Crippen LogP contribution < -0.4 is 11.1 Å². The van der Waals surface area contributed by atoms with E-state index in [2.05, 4.69) is 10.5 Å². The van der Waals surface area contributed by atoms with Crippen molar-refractivity contribution in [3.8, 4) is 0 Å². The molecule has 0 aromatic heterocycles. The van der Waals surface area contributed by atoms with Crippen molar-refractivity contribution in [2.75, 3.05) is 13.7 Å². The molecule has 0 spiro atoms. The lowest BCUT2D eigenvalue weighted by atomic mass is 10.1. The summed E-state index contributed by atoms with van der Waals surface area (Å²) in [6.07, 6.45) is -0.115. The number of nitrogens with one attached hydrogen (secondary N) is 1. The van der Waals surface area contributed by atoms with Crippen LogP contribution in [0.3, 0.4) is 0 Å². The number of hydrogen-bond acceptors (Lipinski definition) is 4. The van der Waals surface area contributed by atoms with E-state index in [4.69, 9.17) is 15.7 Å². The molecule has 0 aromatic rings. The van der Waals surface area contributed by atoms with Gasteiger partial charge in [-0.15, -0.1) is 0 Å². The number of nitrogens with zero attached hydrogens (tertiary/aromatic N) is 1. The highest BCUT2D eigenvalue weighted by Crippen LogP contribution is 2.04. The molecular formula is C8H17N3O3. The highest BCUT2D eigenvalue weighted by molar-refractivity contribution is 5.98. The Morgan fingerprint density at radius 3 is 2.64 bits per heavy atom. The van der Waals surface area contributed by atoms with Gasteiger partial charge < -0.3 is 21.0 Å². The quantitative estimate of drug-likeness (QED) is 0.246. The van der Waals surface area contributed by atoms with Gasteiger partial charge in [0.2, 0.25) is 5.91 Å². The van der Waals surface area contributed by atoms with Crippen molar-refractivity contribution in [2.45, 2.75) is 25.9 Å². The molecule has 0 aromatic carbocycles. The Bertz CT molecular complexity index is 226. The second-order valence-electron chi connectivity index (χ2n) is 3.51. The summed E-state index contributed by atoms with van der Waals surface area (Å²) in [4.78, 5) is 11.1. The van der Waals surface area contributed by atoms with Crippen LogP contribution in [0, 0.1) is 0 Å². The molecule has 0 saturated heterocycles. The number of rotatable bonds is 5. The monoisotopic (exact) mass is 203 g/mol. The minimum absolute atomic E-state index is 0.113. The molecule has 6 nitrogen and oxygen atoms in total. The summed E-state index contributed by atoms with van der Waals surface area (Å²) in [6, 6.07) is 0. The Morgan fingerprint density at radius 2 is 2.21 bits per heavy atom. The van der Waals surface area contributed by atoms with Crippen LogP contribution >= 0.6 is 0 Å². The second kappa shape index (κ2) is 5.43. The molecule has 0 aliphatic heterocycles. The summed E-state index contributed by atoms with van der Waals surface area (Å²) < 4.78 is 5.09. The maximum atomic E-state index is 11.1. The van der Waals surface area contributed by atoms with Gasteiger partial charge in [-0.3, -0.25) is 4.79 Å². The van der Waals surface area contributed by atoms with Crippen LogP contribution in [-0.2, 0) is 9.53 Å². The van der Waals surface area contributed by atoms with Gasteiger partial charge in [0.15, 0.2) is 0 Å². The van der Waals surface area contributed by atoms with Gasteiger partial charge in [0, 0.05) is 13.7 Å². The second-order valence-corrected chi connectivity index (χ2v) is 3.51. The third-order valence-corrected chi connectivity index (χ3v) is 1.73. The van der Waals surface area contributed by atoms with Crippen molar-refractivity contribution in [1.82, 2.24) is 5.32 Å². The average molecular weight is 203 g/mol. The normalized spacial score (nSPS) is 12.6. The van der Waals surface area contributed by atoms with Gasteiger partial charge >= 0.3 is 0 Å². The van der Waals surface area contributed by atoms with Crippen LogP contribution in [0.1, 0.15) is 20.3 Å². The number of ether oxygens (including phenoxy) is 1. The first kappa shape index (κ1) is 12.7. The van der Waals surface area contributed by atoms with Crippen molar-refractivity contribution >= 4 is 11.7 Å². The summed E-state index contributed by atoms with van der Waals surface area (Å²) in [6.45, 7) is 4.06. The number of amidine groups is 1. The maximum absolute atomic E-state index is 11.1. The van der Waals surface area contributed by atoms with E-state index < -0.39 is 5.60 Å². The van der Waals surface area contributed by atoms with Gasteiger partial charge in [0.1, 0.15) is 5.84 Å². The lowest BCUT2D eigenvalue weighted by molar-refractivity contribution is -0.121. The van der Waals surface area contributed by atoms with Crippen molar-refractivity contribution in [2.24, 2.45) is 10.9 Å². The van der Waals surface area contributed by atoms with Crippen molar-refractivity contribution in [3.63, 3.8) is 0 Å². The fraction of sp³-hybridized carbons (Fsp3) is 0.750. The third kappa shape index (κ3) is 5.36. The van der Waals surface area contributed by atoms with Gasteiger partial charge in [-0.1, -0.05) is 5.16 Å². The van der Waals surface area contributed by atoms with E-state index >= 15 is 0 Å². The van der Waals surface area contributed by atoms with E-state index in [1.165, 1.54) is 0 Å². The summed E-state index contributed by atoms with van der Waals surface area (Å²) in [5, 5.41) is 13.5. The van der Waals surface area contributed by atoms with E-state index in [1.807, 2.05) is 13.8 Å². The van der Waals surface area contributed by atoms with Gasteiger partial charge in [-0.25, -0.2) is 0 Å². The number of amides is 1. The molecule has 0 rings (SSSR count). The molecule has 14 heavy (non-hydrogen) atoms. The minimum atomic E-state index is -0.416. The molecule has 0 radical (unpaired) electrons. The lowest BCUT2D eigenvalue weighted by Gasteiger charge is -2.22. The predicted molar refractivity (Wildman–Crippen MR) is 52.1 cm³/mol. The summed E-state index contributed by atoms with van der Waals surface area (Å²) in [5.41, 5.74) is 4.74. The number of carbonyl (C=O) groups excluding carboxylic acids is 1. The highest BCUT2D eigenvalue weighted by Gasteiger charge is 2.17. The van der Waals surface area contributed by atoms with E-state index in [-0.39, 0.29) is 18.2 Å². The molecule has 0 atom stereocenters. The van der Waals surface area contributed by atoms with Crippen LogP contribution in [0.5, 0.6) is 0 Å². The Balaban J connectivity index is 3.86. The first-order valence-electron chi connectivity index (χ1n) is 4.19. The van der Waals surface area contributed by atoms with E-state index in [0.717, 1.165) is 0 Å². The number of nitrogens with two attached hydrogens (primary N) is 1. The summed E-state index contributed by atoms with van der Waals surface area (Å²) in [7, 11) is 1.57. The molecule has 0 saturated carbocycles. The summed E-state index contributed by atoms with van der Waals surface area (Å²) in [5.74, 6) is -0.414. The fourth-order valence-electron chi connectivity index (χ4n) is 0.646. The van der Waals surface area contributed by atoms with Crippen LogP contribution in [0.4, 0.5) is 0 Å². The van der Waals surface area contributed by atoms with Crippen molar-refractivity contribution in [1.29, 1.82) is 0 Å². The predicted octanol–water partition coefficient (Wildman–Crippen LogP) is -0.336. The maximum Gasteiger partial charge on any atom is 0.227 e.